The monoisotopic (exact) mass is 471 g/mol. The van der Waals surface area contributed by atoms with Crippen molar-refractivity contribution in [1.29, 1.82) is 0 Å². The number of fused-ring (bicyclic) bond motifs is 1. The number of aryl methyl sites for hydroxylation is 2. The first-order valence-corrected chi connectivity index (χ1v) is 10.4. The molecule has 3 heterocycles. The van der Waals surface area contributed by atoms with Crippen LogP contribution in [0.2, 0.25) is 5.02 Å². The predicted octanol–water partition coefficient (Wildman–Crippen LogP) is 2.57. The fraction of sp³-hybridized carbons (Fsp3) is 0.286. The number of aromatic nitrogens is 6. The molecule has 4 rings (SSSR count). The molecule has 0 amide bonds. The zero-order chi connectivity index (χ0) is 23.9. The zero-order valence-electron chi connectivity index (χ0n) is 18.2. The molecular weight excluding hydrogens is 450 g/mol. The minimum absolute atomic E-state index is 0.00150. The maximum atomic E-state index is 12.7. The van der Waals surface area contributed by atoms with Crippen molar-refractivity contribution in [3.63, 3.8) is 0 Å². The Morgan fingerprint density at radius 1 is 1.24 bits per heavy atom. The predicted molar refractivity (Wildman–Crippen MR) is 122 cm³/mol. The fourth-order valence-electron chi connectivity index (χ4n) is 3.32. The second kappa shape index (κ2) is 8.34. The number of benzene rings is 1. The maximum absolute atomic E-state index is 12.7. The number of imidazole rings is 1. The highest BCUT2D eigenvalue weighted by Gasteiger charge is 2.17. The lowest BCUT2D eigenvalue weighted by Crippen LogP contribution is -2.27. The Balaban J connectivity index is 1.68. The minimum Gasteiger partial charge on any atom is -0.478 e. The Bertz CT molecular complexity index is 1410. The van der Waals surface area contributed by atoms with Gasteiger partial charge >= 0.3 is 11.7 Å². The third kappa shape index (κ3) is 4.59. The van der Waals surface area contributed by atoms with Crippen molar-refractivity contribution < 1.29 is 15.0 Å². The SMILES string of the molecule is Cn1c(=O)n(CCC(C)(C)O)c2cc(Nc3nc(-n4cc(C(=O)O)cn4)ncc3Cl)ccc21. The summed E-state index contributed by atoms with van der Waals surface area (Å²) in [4.78, 5) is 32.3. The standard InChI is InChI=1S/C21H22ClN7O4/c1-21(2,33)6-7-28-16-8-13(4-5-15(16)27(3)20(28)32)25-17-14(22)10-23-19(26-17)29-11-12(9-24-29)18(30)31/h4-5,8-11,33H,6-7H2,1-3H3,(H,30,31)(H,23,25,26). The summed E-state index contributed by atoms with van der Waals surface area (Å²) in [6.07, 6.45) is 4.29. The van der Waals surface area contributed by atoms with E-state index in [0.29, 0.717) is 24.2 Å². The Labute approximate surface area is 192 Å². The molecule has 0 fully saturated rings. The van der Waals surface area contributed by atoms with Crippen LogP contribution >= 0.6 is 11.6 Å². The number of carbonyl (C=O) groups is 1. The van der Waals surface area contributed by atoms with Gasteiger partial charge < -0.3 is 15.5 Å². The van der Waals surface area contributed by atoms with Gasteiger partial charge in [0.05, 0.1) is 34.6 Å². The molecule has 11 nitrogen and oxygen atoms in total. The summed E-state index contributed by atoms with van der Waals surface area (Å²) in [5, 5.41) is 26.5. The van der Waals surface area contributed by atoms with Gasteiger partial charge in [0.15, 0.2) is 5.82 Å². The molecule has 0 bridgehead atoms. The van der Waals surface area contributed by atoms with E-state index in [1.54, 1.807) is 42.2 Å². The van der Waals surface area contributed by atoms with Crippen molar-refractivity contribution in [3.05, 3.63) is 57.9 Å². The number of hydrogen-bond donors (Lipinski definition) is 3. The highest BCUT2D eigenvalue weighted by molar-refractivity contribution is 6.32. The van der Waals surface area contributed by atoms with Gasteiger partial charge in [-0.3, -0.25) is 9.13 Å². The van der Waals surface area contributed by atoms with E-state index in [1.165, 1.54) is 23.3 Å². The van der Waals surface area contributed by atoms with E-state index < -0.39 is 11.6 Å². The molecule has 0 aliphatic heterocycles. The van der Waals surface area contributed by atoms with Crippen LogP contribution in [0.3, 0.4) is 0 Å². The molecule has 0 unspecified atom stereocenters. The van der Waals surface area contributed by atoms with Crippen LogP contribution in [-0.4, -0.2) is 50.7 Å². The summed E-state index contributed by atoms with van der Waals surface area (Å²) in [6, 6.07) is 5.40. The lowest BCUT2D eigenvalue weighted by molar-refractivity contribution is 0.0660. The average molecular weight is 472 g/mol. The molecule has 0 saturated carbocycles. The topological polar surface area (TPSA) is 140 Å². The maximum Gasteiger partial charge on any atom is 0.338 e. The first-order valence-electron chi connectivity index (χ1n) is 10.0. The van der Waals surface area contributed by atoms with Crippen molar-refractivity contribution in [2.45, 2.75) is 32.4 Å². The van der Waals surface area contributed by atoms with E-state index >= 15 is 0 Å². The van der Waals surface area contributed by atoms with Gasteiger partial charge in [-0.05, 0) is 38.5 Å². The van der Waals surface area contributed by atoms with Crippen LogP contribution in [-0.2, 0) is 13.6 Å². The third-order valence-corrected chi connectivity index (χ3v) is 5.40. The van der Waals surface area contributed by atoms with Crippen molar-refractivity contribution in [2.75, 3.05) is 5.32 Å². The largest absolute Gasteiger partial charge is 0.478 e. The molecule has 4 aromatic rings. The molecule has 0 aliphatic carbocycles. The number of nitrogens with zero attached hydrogens (tertiary/aromatic N) is 6. The summed E-state index contributed by atoms with van der Waals surface area (Å²) in [6.45, 7) is 3.75. The Kier molecular flexibility index (Phi) is 5.68. The van der Waals surface area contributed by atoms with E-state index in [4.69, 9.17) is 16.7 Å². The zero-order valence-corrected chi connectivity index (χ0v) is 18.9. The number of anilines is 2. The summed E-state index contributed by atoms with van der Waals surface area (Å²) in [7, 11) is 1.70. The number of carboxylic acid groups (broad SMARTS) is 1. The normalized spacial score (nSPS) is 11.8. The molecule has 1 aromatic carbocycles. The molecule has 3 aromatic heterocycles. The first kappa shape index (κ1) is 22.5. The highest BCUT2D eigenvalue weighted by Crippen LogP contribution is 2.26. The molecule has 0 radical (unpaired) electrons. The smallest absolute Gasteiger partial charge is 0.338 e. The lowest BCUT2D eigenvalue weighted by Gasteiger charge is -2.17. The highest BCUT2D eigenvalue weighted by atomic mass is 35.5. The summed E-state index contributed by atoms with van der Waals surface area (Å²) >= 11 is 6.27. The van der Waals surface area contributed by atoms with Gasteiger partial charge in [0.1, 0.15) is 5.02 Å². The quantitative estimate of drug-likeness (QED) is 0.373. The Morgan fingerprint density at radius 2 is 2.00 bits per heavy atom. The van der Waals surface area contributed by atoms with Crippen LogP contribution in [0.15, 0.2) is 41.6 Å². The van der Waals surface area contributed by atoms with E-state index in [2.05, 4.69) is 20.4 Å². The molecule has 33 heavy (non-hydrogen) atoms. The number of aromatic carboxylic acids is 1. The van der Waals surface area contributed by atoms with Crippen molar-refractivity contribution in [1.82, 2.24) is 28.9 Å². The van der Waals surface area contributed by atoms with Crippen LogP contribution in [0.1, 0.15) is 30.6 Å². The second-order valence-corrected chi connectivity index (χ2v) is 8.64. The first-order chi connectivity index (χ1) is 15.5. The van der Waals surface area contributed by atoms with Crippen LogP contribution in [0.5, 0.6) is 0 Å². The minimum atomic E-state index is -1.11. The lowest BCUT2D eigenvalue weighted by atomic mass is 10.1. The van der Waals surface area contributed by atoms with Crippen LogP contribution in [0.25, 0.3) is 17.0 Å². The van der Waals surface area contributed by atoms with Gasteiger partial charge in [0.25, 0.3) is 5.95 Å². The number of halogens is 1. The summed E-state index contributed by atoms with van der Waals surface area (Å²) in [5.41, 5.74) is 0.982. The molecule has 0 atom stereocenters. The summed E-state index contributed by atoms with van der Waals surface area (Å²) < 4.78 is 4.40. The van der Waals surface area contributed by atoms with Gasteiger partial charge in [0, 0.05) is 25.5 Å². The van der Waals surface area contributed by atoms with Crippen LogP contribution in [0, 0.1) is 0 Å². The van der Waals surface area contributed by atoms with E-state index in [-0.39, 0.29) is 28.0 Å². The second-order valence-electron chi connectivity index (χ2n) is 8.23. The van der Waals surface area contributed by atoms with E-state index in [0.717, 1.165) is 5.52 Å². The summed E-state index contributed by atoms with van der Waals surface area (Å²) in [5.74, 6) is -0.688. The van der Waals surface area contributed by atoms with Crippen LogP contribution in [0.4, 0.5) is 11.5 Å². The van der Waals surface area contributed by atoms with Gasteiger partial charge in [-0.2, -0.15) is 10.1 Å². The van der Waals surface area contributed by atoms with Crippen LogP contribution < -0.4 is 11.0 Å². The number of nitrogens with one attached hydrogen (secondary N) is 1. The van der Waals surface area contributed by atoms with Gasteiger partial charge in [-0.1, -0.05) is 11.6 Å². The Hall–Kier alpha value is -3.70. The molecule has 3 N–H and O–H groups in total. The number of aliphatic hydroxyl groups is 1. The van der Waals surface area contributed by atoms with E-state index in [9.17, 15) is 14.7 Å². The Morgan fingerprint density at radius 3 is 2.67 bits per heavy atom. The third-order valence-electron chi connectivity index (χ3n) is 5.12. The van der Waals surface area contributed by atoms with E-state index in [1.807, 2.05) is 6.07 Å². The molecule has 0 spiro atoms. The molecular formula is C21H22ClN7O4. The molecule has 12 heteroatoms. The van der Waals surface area contributed by atoms with Gasteiger partial charge in [-0.15, -0.1) is 0 Å². The van der Waals surface area contributed by atoms with Crippen molar-refractivity contribution >= 4 is 40.1 Å². The number of rotatable bonds is 7. The average Bonchev–Trinajstić information content (AvgIpc) is 3.32. The number of carboxylic acids is 1. The molecule has 0 aliphatic rings. The number of hydrogen-bond acceptors (Lipinski definition) is 7. The van der Waals surface area contributed by atoms with Crippen molar-refractivity contribution in [2.24, 2.45) is 7.05 Å². The molecule has 172 valence electrons. The molecule has 0 saturated heterocycles. The van der Waals surface area contributed by atoms with Gasteiger partial charge in [-0.25, -0.2) is 19.3 Å². The van der Waals surface area contributed by atoms with Gasteiger partial charge in [0.2, 0.25) is 0 Å². The fourth-order valence-corrected chi connectivity index (χ4v) is 3.46. The van der Waals surface area contributed by atoms with Crippen molar-refractivity contribution in [3.8, 4) is 5.95 Å².